The molecule has 1 aromatic rings. The first-order chi connectivity index (χ1) is 8.15. The number of nitrogens with one attached hydrogen (secondary N) is 3. The number of hydrogen-bond donors (Lipinski definition) is 4. The number of aromatic nitrogens is 3. The van der Waals surface area contributed by atoms with E-state index in [0.717, 1.165) is 25.7 Å². The van der Waals surface area contributed by atoms with E-state index >= 15 is 0 Å². The molecule has 0 spiro atoms. The Morgan fingerprint density at radius 2 is 2.00 bits per heavy atom. The zero-order valence-electron chi connectivity index (χ0n) is 9.58. The van der Waals surface area contributed by atoms with E-state index in [1.54, 1.807) is 0 Å². The lowest BCUT2D eigenvalue weighted by Gasteiger charge is -2.37. The van der Waals surface area contributed by atoms with Gasteiger partial charge in [-0.3, -0.25) is 9.78 Å². The highest BCUT2D eigenvalue weighted by Gasteiger charge is 2.31. The molecule has 1 heterocycles. The summed E-state index contributed by atoms with van der Waals surface area (Å²) in [6, 6.07) is 0. The van der Waals surface area contributed by atoms with Crippen molar-refractivity contribution in [2.24, 2.45) is 5.73 Å². The van der Waals surface area contributed by atoms with Crippen molar-refractivity contribution in [2.45, 2.75) is 37.6 Å². The molecule has 0 atom stereocenters. The largest absolute Gasteiger partial charge is 0.357 e. The number of rotatable bonds is 3. The first-order valence-corrected chi connectivity index (χ1v) is 5.82. The van der Waals surface area contributed by atoms with Crippen molar-refractivity contribution in [3.05, 3.63) is 20.8 Å². The monoisotopic (exact) mass is 239 g/mol. The van der Waals surface area contributed by atoms with E-state index in [0.29, 0.717) is 6.54 Å². The Bertz CT molecular complexity index is 486. The normalized spacial score (nSPS) is 18.9. The summed E-state index contributed by atoms with van der Waals surface area (Å²) < 4.78 is 0. The summed E-state index contributed by atoms with van der Waals surface area (Å²) >= 11 is 0. The van der Waals surface area contributed by atoms with Gasteiger partial charge in [-0.15, -0.1) is 5.10 Å². The van der Waals surface area contributed by atoms with Crippen LogP contribution >= 0.6 is 0 Å². The molecule has 0 bridgehead atoms. The van der Waals surface area contributed by atoms with Crippen molar-refractivity contribution in [3.8, 4) is 0 Å². The van der Waals surface area contributed by atoms with Crippen LogP contribution in [0.15, 0.2) is 9.59 Å². The summed E-state index contributed by atoms with van der Waals surface area (Å²) in [6.07, 6.45) is 5.21. The van der Waals surface area contributed by atoms with Crippen molar-refractivity contribution in [1.82, 2.24) is 15.2 Å². The number of aromatic amines is 2. The van der Waals surface area contributed by atoms with E-state index in [9.17, 15) is 9.59 Å². The van der Waals surface area contributed by atoms with Gasteiger partial charge in [0.05, 0.1) is 5.54 Å². The maximum atomic E-state index is 11.5. The van der Waals surface area contributed by atoms with Crippen LogP contribution in [0.25, 0.3) is 0 Å². The molecular weight excluding hydrogens is 222 g/mol. The summed E-state index contributed by atoms with van der Waals surface area (Å²) in [7, 11) is 0. The molecule has 7 nitrogen and oxygen atoms in total. The summed E-state index contributed by atoms with van der Waals surface area (Å²) in [4.78, 5) is 24.5. The second-order valence-electron chi connectivity index (χ2n) is 4.53. The van der Waals surface area contributed by atoms with Gasteiger partial charge in [-0.2, -0.15) is 0 Å². The van der Waals surface area contributed by atoms with Crippen LogP contribution in [-0.4, -0.2) is 27.3 Å². The predicted octanol–water partition coefficient (Wildman–Crippen LogP) is -0.468. The molecule has 0 unspecified atom stereocenters. The second kappa shape index (κ2) is 4.70. The summed E-state index contributed by atoms with van der Waals surface area (Å²) in [5.41, 5.74) is 4.41. The molecule has 0 aliphatic heterocycles. The van der Waals surface area contributed by atoms with Crippen LogP contribution in [-0.2, 0) is 0 Å². The fraction of sp³-hybridized carbons (Fsp3) is 0.700. The number of nitrogens with two attached hydrogens (primary N) is 1. The molecule has 1 fully saturated rings. The maximum Gasteiger partial charge on any atom is 0.342 e. The molecule has 2 rings (SSSR count). The standard InChI is InChI=1S/C10H17N5O2/c11-6-10(4-2-1-3-5-10)13-7-8(16)12-9(17)15-14-7/h1-6,11H2,(H,13,14)(H2,12,15,16,17). The van der Waals surface area contributed by atoms with Gasteiger partial charge in [0.15, 0.2) is 0 Å². The summed E-state index contributed by atoms with van der Waals surface area (Å²) in [5.74, 6) is 0.136. The molecule has 0 amide bonds. The lowest BCUT2D eigenvalue weighted by Crippen LogP contribution is -2.48. The Morgan fingerprint density at radius 3 is 2.59 bits per heavy atom. The third-order valence-corrected chi connectivity index (χ3v) is 3.30. The van der Waals surface area contributed by atoms with Gasteiger partial charge in [0, 0.05) is 6.54 Å². The smallest absolute Gasteiger partial charge is 0.342 e. The van der Waals surface area contributed by atoms with E-state index in [-0.39, 0.29) is 11.4 Å². The molecule has 0 aromatic carbocycles. The molecule has 7 heteroatoms. The minimum atomic E-state index is -0.606. The van der Waals surface area contributed by atoms with Crippen LogP contribution in [0.3, 0.4) is 0 Å². The Balaban J connectivity index is 2.23. The molecule has 1 aliphatic carbocycles. The number of nitrogens with zero attached hydrogens (tertiary/aromatic N) is 1. The molecule has 17 heavy (non-hydrogen) atoms. The molecule has 94 valence electrons. The third-order valence-electron chi connectivity index (χ3n) is 3.30. The van der Waals surface area contributed by atoms with Gasteiger partial charge in [0.1, 0.15) is 0 Å². The minimum absolute atomic E-state index is 0.136. The van der Waals surface area contributed by atoms with Crippen molar-refractivity contribution in [3.63, 3.8) is 0 Å². The van der Waals surface area contributed by atoms with Crippen molar-refractivity contribution >= 4 is 5.82 Å². The van der Waals surface area contributed by atoms with E-state index in [2.05, 4.69) is 20.5 Å². The Kier molecular flexibility index (Phi) is 3.28. The highest BCUT2D eigenvalue weighted by molar-refractivity contribution is 5.34. The van der Waals surface area contributed by atoms with Gasteiger partial charge in [0.25, 0.3) is 5.56 Å². The van der Waals surface area contributed by atoms with E-state index < -0.39 is 11.2 Å². The molecule has 1 aromatic heterocycles. The molecule has 0 saturated heterocycles. The fourth-order valence-corrected chi connectivity index (χ4v) is 2.29. The van der Waals surface area contributed by atoms with Gasteiger partial charge in [-0.05, 0) is 12.8 Å². The van der Waals surface area contributed by atoms with Crippen LogP contribution in [0.2, 0.25) is 0 Å². The van der Waals surface area contributed by atoms with Crippen molar-refractivity contribution < 1.29 is 0 Å². The summed E-state index contributed by atoms with van der Waals surface area (Å²) in [6.45, 7) is 0.452. The van der Waals surface area contributed by atoms with Gasteiger partial charge >= 0.3 is 5.69 Å². The SMILES string of the molecule is NCC1(Nc2n[nH]c(=O)[nH]c2=O)CCCCC1. The highest BCUT2D eigenvalue weighted by atomic mass is 16.2. The van der Waals surface area contributed by atoms with Gasteiger partial charge in [-0.1, -0.05) is 19.3 Å². The molecule has 5 N–H and O–H groups in total. The third kappa shape index (κ3) is 2.55. The zero-order chi connectivity index (χ0) is 12.3. The molecule has 1 saturated carbocycles. The van der Waals surface area contributed by atoms with Crippen LogP contribution in [0, 0.1) is 0 Å². The van der Waals surface area contributed by atoms with Crippen LogP contribution < -0.4 is 22.3 Å². The molecule has 0 radical (unpaired) electrons. The Morgan fingerprint density at radius 1 is 1.29 bits per heavy atom. The first-order valence-electron chi connectivity index (χ1n) is 5.82. The number of H-pyrrole nitrogens is 2. The molecular formula is C10H17N5O2. The zero-order valence-corrected chi connectivity index (χ0v) is 9.58. The Hall–Kier alpha value is -1.63. The highest BCUT2D eigenvalue weighted by Crippen LogP contribution is 2.29. The van der Waals surface area contributed by atoms with E-state index in [1.165, 1.54) is 6.42 Å². The van der Waals surface area contributed by atoms with Crippen molar-refractivity contribution in [2.75, 3.05) is 11.9 Å². The lowest BCUT2D eigenvalue weighted by molar-refractivity contribution is 0.329. The van der Waals surface area contributed by atoms with Crippen LogP contribution in [0.1, 0.15) is 32.1 Å². The van der Waals surface area contributed by atoms with E-state index in [4.69, 9.17) is 5.73 Å². The fourth-order valence-electron chi connectivity index (χ4n) is 2.29. The Labute approximate surface area is 97.8 Å². The number of anilines is 1. The van der Waals surface area contributed by atoms with Gasteiger partial charge in [0.2, 0.25) is 5.82 Å². The number of hydrogen-bond acceptors (Lipinski definition) is 5. The van der Waals surface area contributed by atoms with Crippen LogP contribution in [0.4, 0.5) is 5.82 Å². The first kappa shape index (κ1) is 11.8. The van der Waals surface area contributed by atoms with Crippen LogP contribution in [0.5, 0.6) is 0 Å². The minimum Gasteiger partial charge on any atom is -0.357 e. The average molecular weight is 239 g/mol. The quantitative estimate of drug-likeness (QED) is 0.569. The predicted molar refractivity (Wildman–Crippen MR) is 64.0 cm³/mol. The summed E-state index contributed by atoms with van der Waals surface area (Å²) in [5, 5.41) is 9.01. The van der Waals surface area contributed by atoms with E-state index in [1.807, 2.05) is 0 Å². The van der Waals surface area contributed by atoms with Gasteiger partial charge in [-0.25, -0.2) is 9.89 Å². The lowest BCUT2D eigenvalue weighted by atomic mass is 9.82. The van der Waals surface area contributed by atoms with Gasteiger partial charge < -0.3 is 11.1 Å². The molecule has 1 aliphatic rings. The van der Waals surface area contributed by atoms with Crippen molar-refractivity contribution in [1.29, 1.82) is 0 Å². The second-order valence-corrected chi connectivity index (χ2v) is 4.53. The topological polar surface area (TPSA) is 117 Å². The maximum absolute atomic E-state index is 11.5. The average Bonchev–Trinajstić information content (AvgIpc) is 2.34.